The van der Waals surface area contributed by atoms with Crippen molar-refractivity contribution in [2.45, 2.75) is 44.7 Å². The molecule has 0 radical (unpaired) electrons. The maximum absolute atomic E-state index is 11.9. The molecule has 1 aromatic heterocycles. The number of carbonyl (C=O) groups excluding carboxylic acids is 1. The quantitative estimate of drug-likeness (QED) is 0.818. The van der Waals surface area contributed by atoms with Crippen molar-refractivity contribution < 1.29 is 9.32 Å². The van der Waals surface area contributed by atoms with Crippen LogP contribution in [-0.2, 0) is 0 Å². The molecular formula is C12H17N5O2. The van der Waals surface area contributed by atoms with E-state index in [0.717, 1.165) is 19.4 Å². The van der Waals surface area contributed by atoms with Crippen LogP contribution in [0.25, 0.3) is 0 Å². The van der Waals surface area contributed by atoms with Crippen LogP contribution < -0.4 is 10.6 Å². The molecule has 1 fully saturated rings. The van der Waals surface area contributed by atoms with Crippen molar-refractivity contribution >= 4 is 5.91 Å². The zero-order chi connectivity index (χ0) is 13.7. The first kappa shape index (κ1) is 13.5. The molecule has 2 N–H and O–H groups in total. The Morgan fingerprint density at radius 2 is 2.58 bits per heavy atom. The summed E-state index contributed by atoms with van der Waals surface area (Å²) in [5.41, 5.74) is 0. The minimum atomic E-state index is -0.393. The Balaban J connectivity index is 1.97. The molecular weight excluding hydrogens is 246 g/mol. The highest BCUT2D eigenvalue weighted by Gasteiger charge is 2.24. The molecule has 0 saturated carbocycles. The minimum Gasteiger partial charge on any atom is -0.345 e. The van der Waals surface area contributed by atoms with E-state index in [-0.39, 0.29) is 24.3 Å². The van der Waals surface area contributed by atoms with E-state index < -0.39 is 5.91 Å². The minimum absolute atomic E-state index is 0.0279. The number of carbonyl (C=O) groups is 1. The van der Waals surface area contributed by atoms with E-state index in [2.05, 4.69) is 20.8 Å². The average Bonchev–Trinajstić information content (AvgIpc) is 3.08. The third kappa shape index (κ3) is 3.29. The smallest absolute Gasteiger partial charge is 0.292 e. The highest BCUT2D eigenvalue weighted by molar-refractivity contribution is 5.90. The van der Waals surface area contributed by atoms with Gasteiger partial charge in [-0.1, -0.05) is 12.1 Å². The summed E-state index contributed by atoms with van der Waals surface area (Å²) in [5.74, 6) is 0.0890. The van der Waals surface area contributed by atoms with E-state index in [1.54, 1.807) is 0 Å². The van der Waals surface area contributed by atoms with Gasteiger partial charge in [0.05, 0.1) is 18.5 Å². The number of nitriles is 1. The first-order valence-corrected chi connectivity index (χ1v) is 6.49. The zero-order valence-corrected chi connectivity index (χ0v) is 10.8. The van der Waals surface area contributed by atoms with Crippen LogP contribution in [0.1, 0.15) is 55.2 Å². The van der Waals surface area contributed by atoms with E-state index in [1.807, 2.05) is 13.0 Å². The molecule has 19 heavy (non-hydrogen) atoms. The lowest BCUT2D eigenvalue weighted by molar-refractivity contribution is 0.0923. The van der Waals surface area contributed by atoms with Gasteiger partial charge in [-0.05, 0) is 25.8 Å². The van der Waals surface area contributed by atoms with E-state index in [1.165, 1.54) is 0 Å². The van der Waals surface area contributed by atoms with Gasteiger partial charge in [0.2, 0.25) is 5.89 Å². The Hall–Kier alpha value is -1.94. The fourth-order valence-corrected chi connectivity index (χ4v) is 2.02. The second kappa shape index (κ2) is 6.29. The van der Waals surface area contributed by atoms with Crippen molar-refractivity contribution in [2.24, 2.45) is 0 Å². The summed E-state index contributed by atoms with van der Waals surface area (Å²) < 4.78 is 5.10. The second-order valence-electron chi connectivity index (χ2n) is 4.55. The van der Waals surface area contributed by atoms with Crippen LogP contribution in [0.2, 0.25) is 0 Å². The number of amides is 1. The van der Waals surface area contributed by atoms with Crippen LogP contribution in [-0.4, -0.2) is 28.6 Å². The van der Waals surface area contributed by atoms with Crippen molar-refractivity contribution in [1.29, 1.82) is 5.26 Å². The van der Waals surface area contributed by atoms with Gasteiger partial charge in [-0.2, -0.15) is 10.2 Å². The first-order valence-electron chi connectivity index (χ1n) is 6.49. The van der Waals surface area contributed by atoms with E-state index in [9.17, 15) is 4.79 Å². The molecule has 7 nitrogen and oxygen atoms in total. The summed E-state index contributed by atoms with van der Waals surface area (Å²) in [4.78, 5) is 16.0. The number of nitrogens with one attached hydrogen (secondary N) is 2. The van der Waals surface area contributed by atoms with Crippen LogP contribution in [0, 0.1) is 11.3 Å². The molecule has 2 atom stereocenters. The van der Waals surface area contributed by atoms with Gasteiger partial charge in [-0.15, -0.1) is 0 Å². The molecule has 1 amide bonds. The normalized spacial score (nSPS) is 19.9. The summed E-state index contributed by atoms with van der Waals surface area (Å²) in [7, 11) is 0. The van der Waals surface area contributed by atoms with Gasteiger partial charge >= 0.3 is 0 Å². The SMILES string of the molecule is CCC(CC#N)NC(=O)c1noc(C2CCCN2)n1. The predicted molar refractivity (Wildman–Crippen MR) is 66.1 cm³/mol. The standard InChI is InChI=1S/C12H17N5O2/c1-2-8(5-6-13)15-11(18)10-16-12(19-17-10)9-4-3-7-14-9/h8-9,14H,2-5,7H2,1H3,(H,15,18). The van der Waals surface area contributed by atoms with Gasteiger partial charge in [-0.3, -0.25) is 4.79 Å². The molecule has 2 heterocycles. The molecule has 0 bridgehead atoms. The molecule has 1 saturated heterocycles. The number of nitrogens with zero attached hydrogens (tertiary/aromatic N) is 3. The fraction of sp³-hybridized carbons (Fsp3) is 0.667. The summed E-state index contributed by atoms with van der Waals surface area (Å²) in [5, 5.41) is 18.3. The Morgan fingerprint density at radius 1 is 1.74 bits per heavy atom. The van der Waals surface area contributed by atoms with E-state index >= 15 is 0 Å². The third-order valence-corrected chi connectivity index (χ3v) is 3.17. The molecule has 1 aliphatic rings. The maximum Gasteiger partial charge on any atom is 0.292 e. The largest absolute Gasteiger partial charge is 0.345 e. The Bertz CT molecular complexity index is 473. The number of hydrogen-bond donors (Lipinski definition) is 2. The molecule has 0 aliphatic carbocycles. The molecule has 7 heteroatoms. The van der Waals surface area contributed by atoms with Crippen molar-refractivity contribution in [3.8, 4) is 6.07 Å². The molecule has 1 aromatic rings. The van der Waals surface area contributed by atoms with Crippen molar-refractivity contribution in [1.82, 2.24) is 20.8 Å². The average molecular weight is 263 g/mol. The monoisotopic (exact) mass is 263 g/mol. The lowest BCUT2D eigenvalue weighted by atomic mass is 10.1. The van der Waals surface area contributed by atoms with E-state index in [0.29, 0.717) is 12.3 Å². The highest BCUT2D eigenvalue weighted by atomic mass is 16.5. The van der Waals surface area contributed by atoms with Crippen LogP contribution in [0.4, 0.5) is 0 Å². The van der Waals surface area contributed by atoms with Gasteiger partial charge < -0.3 is 15.2 Å². The van der Waals surface area contributed by atoms with E-state index in [4.69, 9.17) is 9.78 Å². The third-order valence-electron chi connectivity index (χ3n) is 3.17. The lowest BCUT2D eigenvalue weighted by Crippen LogP contribution is -2.34. The maximum atomic E-state index is 11.9. The molecule has 1 aliphatic heterocycles. The van der Waals surface area contributed by atoms with Crippen LogP contribution >= 0.6 is 0 Å². The zero-order valence-electron chi connectivity index (χ0n) is 10.8. The molecule has 102 valence electrons. The molecule has 0 spiro atoms. The number of aromatic nitrogens is 2. The van der Waals surface area contributed by atoms with Gasteiger partial charge in [0, 0.05) is 6.04 Å². The Kier molecular flexibility index (Phi) is 4.47. The topological polar surface area (TPSA) is 104 Å². The van der Waals surface area contributed by atoms with Gasteiger partial charge in [0.15, 0.2) is 0 Å². The highest BCUT2D eigenvalue weighted by Crippen LogP contribution is 2.20. The van der Waals surface area contributed by atoms with Gasteiger partial charge in [0.1, 0.15) is 0 Å². The Morgan fingerprint density at radius 3 is 3.21 bits per heavy atom. The molecule has 0 aromatic carbocycles. The summed E-state index contributed by atoms with van der Waals surface area (Å²) in [6, 6.07) is 1.91. The fourth-order valence-electron chi connectivity index (χ4n) is 2.02. The number of hydrogen-bond acceptors (Lipinski definition) is 6. The van der Waals surface area contributed by atoms with Gasteiger partial charge in [0.25, 0.3) is 11.7 Å². The van der Waals surface area contributed by atoms with Gasteiger partial charge in [-0.25, -0.2) is 0 Å². The summed E-state index contributed by atoms with van der Waals surface area (Å²) in [6.07, 6.45) is 2.97. The lowest BCUT2D eigenvalue weighted by Gasteiger charge is -2.11. The van der Waals surface area contributed by atoms with Crippen molar-refractivity contribution in [3.63, 3.8) is 0 Å². The second-order valence-corrected chi connectivity index (χ2v) is 4.55. The van der Waals surface area contributed by atoms with Crippen LogP contribution in [0.3, 0.4) is 0 Å². The first-order chi connectivity index (χ1) is 9.24. The predicted octanol–water partition coefficient (Wildman–Crippen LogP) is 0.916. The number of rotatable bonds is 5. The summed E-state index contributed by atoms with van der Waals surface area (Å²) in [6.45, 7) is 2.83. The Labute approximate surface area is 111 Å². The van der Waals surface area contributed by atoms with Crippen LogP contribution in [0.15, 0.2) is 4.52 Å². The van der Waals surface area contributed by atoms with Crippen molar-refractivity contribution in [2.75, 3.05) is 6.54 Å². The summed E-state index contributed by atoms with van der Waals surface area (Å²) >= 11 is 0. The van der Waals surface area contributed by atoms with Crippen LogP contribution in [0.5, 0.6) is 0 Å². The molecule has 2 unspecified atom stereocenters. The molecule has 2 rings (SSSR count). The van der Waals surface area contributed by atoms with Crippen molar-refractivity contribution in [3.05, 3.63) is 11.7 Å².